The molecule has 1 aliphatic heterocycles. The molecule has 3 aromatic rings. The highest BCUT2D eigenvalue weighted by Gasteiger charge is 2.31. The molecule has 1 amide bonds. The van der Waals surface area contributed by atoms with E-state index in [0.717, 1.165) is 35.5 Å². The number of ether oxygens (including phenoxy) is 1. The maximum atomic E-state index is 13.2. The summed E-state index contributed by atoms with van der Waals surface area (Å²) in [6.45, 7) is 3.69. The molecular weight excluding hydrogens is 402 g/mol. The lowest BCUT2D eigenvalue weighted by atomic mass is 10.1. The first kappa shape index (κ1) is 20.8. The van der Waals surface area contributed by atoms with Crippen LogP contribution in [0, 0.1) is 5.92 Å². The first-order valence-corrected chi connectivity index (χ1v) is 11.3. The fourth-order valence-electron chi connectivity index (χ4n) is 4.22. The largest absolute Gasteiger partial charge is 0.375 e. The summed E-state index contributed by atoms with van der Waals surface area (Å²) in [5, 5.41) is 7.41. The topological polar surface area (TPSA) is 74.3 Å². The van der Waals surface area contributed by atoms with Crippen LogP contribution in [0.2, 0.25) is 0 Å². The van der Waals surface area contributed by atoms with Gasteiger partial charge in [0.25, 0.3) is 0 Å². The number of hydrogen-bond acceptors (Lipinski definition) is 5. The van der Waals surface area contributed by atoms with E-state index in [0.29, 0.717) is 32.1 Å². The van der Waals surface area contributed by atoms with Gasteiger partial charge in [-0.1, -0.05) is 36.4 Å². The molecule has 1 saturated carbocycles. The maximum Gasteiger partial charge on any atom is 0.237 e. The van der Waals surface area contributed by atoms with Crippen molar-refractivity contribution in [1.29, 1.82) is 0 Å². The molecule has 7 heteroatoms. The van der Waals surface area contributed by atoms with Crippen LogP contribution in [0.1, 0.15) is 24.0 Å². The summed E-state index contributed by atoms with van der Waals surface area (Å²) in [6.07, 6.45) is 7.95. The Morgan fingerprint density at radius 3 is 2.69 bits per heavy atom. The van der Waals surface area contributed by atoms with E-state index in [1.807, 2.05) is 47.6 Å². The first-order chi connectivity index (χ1) is 15.7. The number of nitrogens with one attached hydrogen (secondary N) is 1. The molecule has 2 aliphatic rings. The van der Waals surface area contributed by atoms with Gasteiger partial charge in [0.1, 0.15) is 0 Å². The highest BCUT2D eigenvalue weighted by atomic mass is 16.5. The Morgan fingerprint density at radius 1 is 1.03 bits per heavy atom. The van der Waals surface area contributed by atoms with Crippen LogP contribution in [0.25, 0.3) is 11.3 Å². The van der Waals surface area contributed by atoms with Gasteiger partial charge in [0, 0.05) is 50.7 Å². The molecule has 1 N–H and O–H groups in total. The zero-order valence-electron chi connectivity index (χ0n) is 18.2. The first-order valence-electron chi connectivity index (χ1n) is 11.3. The molecule has 1 aliphatic carbocycles. The number of pyridine rings is 1. The minimum absolute atomic E-state index is 0.00852. The van der Waals surface area contributed by atoms with Gasteiger partial charge in [-0.05, 0) is 36.0 Å². The Kier molecular flexibility index (Phi) is 6.27. The van der Waals surface area contributed by atoms with Crippen molar-refractivity contribution >= 4 is 5.91 Å². The molecule has 0 unspecified atom stereocenters. The Morgan fingerprint density at radius 2 is 1.91 bits per heavy atom. The van der Waals surface area contributed by atoms with Gasteiger partial charge in [-0.25, -0.2) is 0 Å². The summed E-state index contributed by atoms with van der Waals surface area (Å²) in [5.41, 5.74) is 4.23. The van der Waals surface area contributed by atoms with Crippen LogP contribution in [0.3, 0.4) is 0 Å². The van der Waals surface area contributed by atoms with Gasteiger partial charge in [-0.3, -0.25) is 19.8 Å². The molecule has 166 valence electrons. The van der Waals surface area contributed by atoms with Crippen molar-refractivity contribution in [2.24, 2.45) is 5.92 Å². The number of aromatic nitrogens is 3. The number of aromatic amines is 1. The minimum atomic E-state index is -0.00852. The fraction of sp³-hybridized carbons (Fsp3) is 0.400. The summed E-state index contributed by atoms with van der Waals surface area (Å²) in [7, 11) is 0. The Balaban J connectivity index is 1.32. The van der Waals surface area contributed by atoms with Crippen LogP contribution >= 0.6 is 0 Å². The van der Waals surface area contributed by atoms with Crippen LogP contribution in [0.4, 0.5) is 0 Å². The lowest BCUT2D eigenvalue weighted by molar-refractivity contribution is -0.132. The molecule has 0 radical (unpaired) electrons. The minimum Gasteiger partial charge on any atom is -0.375 e. The second kappa shape index (κ2) is 9.63. The Hall–Kier alpha value is -3.03. The molecule has 1 aromatic carbocycles. The van der Waals surface area contributed by atoms with Crippen molar-refractivity contribution in [3.63, 3.8) is 0 Å². The lowest BCUT2D eigenvalue weighted by Gasteiger charge is -2.25. The van der Waals surface area contributed by atoms with Gasteiger partial charge >= 0.3 is 0 Å². The number of carbonyl (C=O) groups is 1. The van der Waals surface area contributed by atoms with Gasteiger partial charge in [-0.2, -0.15) is 5.10 Å². The normalized spacial score (nSPS) is 19.8. The van der Waals surface area contributed by atoms with E-state index in [2.05, 4.69) is 32.2 Å². The van der Waals surface area contributed by atoms with E-state index in [9.17, 15) is 4.79 Å². The predicted octanol–water partition coefficient (Wildman–Crippen LogP) is 3.11. The summed E-state index contributed by atoms with van der Waals surface area (Å²) in [6, 6.07) is 14.1. The van der Waals surface area contributed by atoms with Gasteiger partial charge < -0.3 is 9.64 Å². The standard InChI is InChI=1S/C25H29N5O2/c31-24-17-29(14-22-12-27-28-25(22)21-6-2-1-3-7-21)15-23(32-18-19-8-9-19)16-30(24)13-20-5-4-10-26-11-20/h1-7,10-12,19,23H,8-9,13-18H2,(H,27,28)/t23-/m1/s1. The molecule has 0 spiro atoms. The van der Waals surface area contributed by atoms with Gasteiger partial charge in [-0.15, -0.1) is 0 Å². The second-order valence-corrected chi connectivity index (χ2v) is 8.84. The monoisotopic (exact) mass is 431 g/mol. The maximum absolute atomic E-state index is 13.2. The van der Waals surface area contributed by atoms with E-state index in [1.54, 1.807) is 6.20 Å². The average molecular weight is 432 g/mol. The third kappa shape index (κ3) is 5.23. The number of amides is 1. The molecule has 5 rings (SSSR count). The van der Waals surface area contributed by atoms with E-state index in [-0.39, 0.29) is 12.0 Å². The van der Waals surface area contributed by atoms with Crippen LogP contribution in [0.15, 0.2) is 61.1 Å². The summed E-state index contributed by atoms with van der Waals surface area (Å²) in [4.78, 5) is 21.5. The van der Waals surface area contributed by atoms with Gasteiger partial charge in [0.15, 0.2) is 0 Å². The Bertz CT molecular complexity index is 1020. The molecule has 3 heterocycles. The summed E-state index contributed by atoms with van der Waals surface area (Å²) in [5.74, 6) is 0.809. The zero-order chi connectivity index (χ0) is 21.8. The van der Waals surface area contributed by atoms with Crippen molar-refractivity contribution in [2.75, 3.05) is 26.2 Å². The Labute approximate surface area is 188 Å². The van der Waals surface area contributed by atoms with Crippen LogP contribution < -0.4 is 0 Å². The van der Waals surface area contributed by atoms with E-state index in [1.165, 1.54) is 12.8 Å². The zero-order valence-corrected chi connectivity index (χ0v) is 18.2. The quantitative estimate of drug-likeness (QED) is 0.593. The molecule has 2 aromatic heterocycles. The number of rotatable bonds is 8. The van der Waals surface area contributed by atoms with Crippen molar-refractivity contribution in [3.05, 3.63) is 72.2 Å². The highest BCUT2D eigenvalue weighted by molar-refractivity contribution is 5.78. The summed E-state index contributed by atoms with van der Waals surface area (Å²) < 4.78 is 6.29. The molecule has 1 saturated heterocycles. The van der Waals surface area contributed by atoms with Crippen molar-refractivity contribution < 1.29 is 9.53 Å². The van der Waals surface area contributed by atoms with Crippen molar-refractivity contribution in [2.45, 2.75) is 32.0 Å². The molecule has 7 nitrogen and oxygen atoms in total. The van der Waals surface area contributed by atoms with Crippen LogP contribution in [-0.4, -0.2) is 63.2 Å². The van der Waals surface area contributed by atoms with E-state index in [4.69, 9.17) is 4.74 Å². The fourth-order valence-corrected chi connectivity index (χ4v) is 4.22. The highest BCUT2D eigenvalue weighted by Crippen LogP contribution is 2.30. The number of H-pyrrole nitrogens is 1. The van der Waals surface area contributed by atoms with Crippen LogP contribution in [0.5, 0.6) is 0 Å². The van der Waals surface area contributed by atoms with Crippen molar-refractivity contribution in [3.8, 4) is 11.3 Å². The number of nitrogens with zero attached hydrogens (tertiary/aromatic N) is 4. The summed E-state index contributed by atoms with van der Waals surface area (Å²) >= 11 is 0. The molecule has 1 atom stereocenters. The van der Waals surface area contributed by atoms with Gasteiger partial charge in [0.05, 0.1) is 24.5 Å². The number of hydrogen-bond donors (Lipinski definition) is 1. The molecule has 0 bridgehead atoms. The predicted molar refractivity (Wildman–Crippen MR) is 121 cm³/mol. The van der Waals surface area contributed by atoms with Crippen LogP contribution in [-0.2, 0) is 22.6 Å². The second-order valence-electron chi connectivity index (χ2n) is 8.84. The van der Waals surface area contributed by atoms with E-state index < -0.39 is 0 Å². The average Bonchev–Trinajstić information content (AvgIpc) is 3.56. The lowest BCUT2D eigenvalue weighted by Crippen LogP contribution is -2.37. The number of benzene rings is 1. The van der Waals surface area contributed by atoms with E-state index >= 15 is 0 Å². The van der Waals surface area contributed by atoms with Gasteiger partial charge in [0.2, 0.25) is 5.91 Å². The molecule has 32 heavy (non-hydrogen) atoms. The van der Waals surface area contributed by atoms with Crippen molar-refractivity contribution in [1.82, 2.24) is 25.0 Å². The SMILES string of the molecule is O=C1CN(Cc2cn[nH]c2-c2ccccc2)C[C@@H](OCC2CC2)CN1Cc1cccnc1. The molecular formula is C25H29N5O2. The smallest absolute Gasteiger partial charge is 0.237 e. The third-order valence-electron chi connectivity index (χ3n) is 6.13. The number of carbonyl (C=O) groups excluding carboxylic acids is 1. The third-order valence-corrected chi connectivity index (χ3v) is 6.13. The molecule has 2 fully saturated rings.